The number of nitrogens with two attached hydrogens (primary N) is 1. The van der Waals surface area contributed by atoms with E-state index in [1.54, 1.807) is 18.2 Å². The fourth-order valence-electron chi connectivity index (χ4n) is 2.67. The molecule has 0 bridgehead atoms. The van der Waals surface area contributed by atoms with Crippen molar-refractivity contribution < 1.29 is 14.7 Å². The van der Waals surface area contributed by atoms with Crippen LogP contribution in [0.25, 0.3) is 0 Å². The Morgan fingerprint density at radius 3 is 2.45 bits per heavy atom. The number of aromatic carboxylic acids is 1. The molecule has 1 aliphatic carbocycles. The van der Waals surface area contributed by atoms with Crippen molar-refractivity contribution in [3.63, 3.8) is 0 Å². The maximum atomic E-state index is 12.2. The Hall–Kier alpha value is -1.88. The molecule has 0 atom stereocenters. The molecule has 0 heterocycles. The standard InChI is InChI=1S/C15H20N2O3/c16-9-10-5-7-11(8-6-10)14(18)17-13-4-2-1-3-12(13)15(19)20/h1-4,10-11H,5-9,16H2,(H,17,18)(H,19,20). The first-order valence-electron chi connectivity index (χ1n) is 6.95. The van der Waals surface area contributed by atoms with Gasteiger partial charge in [0.2, 0.25) is 5.91 Å². The first-order valence-corrected chi connectivity index (χ1v) is 6.95. The second kappa shape index (κ2) is 6.52. The Labute approximate surface area is 118 Å². The summed E-state index contributed by atoms with van der Waals surface area (Å²) in [6.07, 6.45) is 3.58. The number of hydrogen-bond donors (Lipinski definition) is 3. The van der Waals surface area contributed by atoms with E-state index < -0.39 is 5.97 Å². The van der Waals surface area contributed by atoms with Gasteiger partial charge < -0.3 is 16.2 Å². The number of carboxylic acids is 1. The third-order valence-corrected chi connectivity index (χ3v) is 3.97. The maximum Gasteiger partial charge on any atom is 0.337 e. The van der Waals surface area contributed by atoms with Crippen LogP contribution in [0.4, 0.5) is 5.69 Å². The second-order valence-electron chi connectivity index (χ2n) is 5.29. The second-order valence-corrected chi connectivity index (χ2v) is 5.29. The Bertz CT molecular complexity index is 494. The third-order valence-electron chi connectivity index (χ3n) is 3.97. The average molecular weight is 276 g/mol. The molecule has 0 unspecified atom stereocenters. The molecule has 0 aliphatic heterocycles. The van der Waals surface area contributed by atoms with E-state index in [0.717, 1.165) is 25.7 Å². The largest absolute Gasteiger partial charge is 0.478 e. The van der Waals surface area contributed by atoms with Gasteiger partial charge in [-0.05, 0) is 50.3 Å². The zero-order valence-corrected chi connectivity index (χ0v) is 11.3. The lowest BCUT2D eigenvalue weighted by molar-refractivity contribution is -0.121. The zero-order chi connectivity index (χ0) is 14.5. The summed E-state index contributed by atoms with van der Waals surface area (Å²) in [6, 6.07) is 6.47. The van der Waals surface area contributed by atoms with Crippen molar-refractivity contribution in [2.24, 2.45) is 17.6 Å². The molecule has 0 radical (unpaired) electrons. The van der Waals surface area contributed by atoms with Gasteiger partial charge in [-0.25, -0.2) is 4.79 Å². The number of benzene rings is 1. The minimum Gasteiger partial charge on any atom is -0.478 e. The average Bonchev–Trinajstić information content (AvgIpc) is 2.47. The van der Waals surface area contributed by atoms with E-state index in [9.17, 15) is 9.59 Å². The quantitative estimate of drug-likeness (QED) is 0.785. The number of anilines is 1. The van der Waals surface area contributed by atoms with E-state index in [0.29, 0.717) is 18.2 Å². The Kier molecular flexibility index (Phi) is 4.74. The van der Waals surface area contributed by atoms with Crippen molar-refractivity contribution in [3.05, 3.63) is 29.8 Å². The number of carbonyl (C=O) groups is 2. The maximum absolute atomic E-state index is 12.2. The van der Waals surface area contributed by atoms with Gasteiger partial charge in [-0.3, -0.25) is 4.79 Å². The van der Waals surface area contributed by atoms with Gasteiger partial charge in [-0.1, -0.05) is 12.1 Å². The molecule has 1 aliphatic rings. The summed E-state index contributed by atoms with van der Waals surface area (Å²) in [5, 5.41) is 11.8. The van der Waals surface area contributed by atoms with Gasteiger partial charge in [0.15, 0.2) is 0 Å². The minimum absolute atomic E-state index is 0.0420. The topological polar surface area (TPSA) is 92.4 Å². The summed E-state index contributed by atoms with van der Waals surface area (Å²) >= 11 is 0. The molecule has 20 heavy (non-hydrogen) atoms. The van der Waals surface area contributed by atoms with Crippen LogP contribution in [-0.4, -0.2) is 23.5 Å². The van der Waals surface area contributed by atoms with Gasteiger partial charge in [-0.15, -0.1) is 0 Å². The summed E-state index contributed by atoms with van der Waals surface area (Å²) in [4.78, 5) is 23.3. The van der Waals surface area contributed by atoms with Gasteiger partial charge in [0.05, 0.1) is 11.3 Å². The van der Waals surface area contributed by atoms with Gasteiger partial charge in [0.25, 0.3) is 0 Å². The molecule has 2 rings (SSSR count). The predicted octanol–water partition coefficient (Wildman–Crippen LogP) is 2.09. The van der Waals surface area contributed by atoms with Crippen LogP contribution in [-0.2, 0) is 4.79 Å². The molecule has 0 saturated heterocycles. The molecule has 5 nitrogen and oxygen atoms in total. The minimum atomic E-state index is -1.03. The number of para-hydroxylation sites is 1. The molecule has 5 heteroatoms. The normalized spacial score (nSPS) is 22.2. The number of carboxylic acid groups (broad SMARTS) is 1. The van der Waals surface area contributed by atoms with Crippen molar-refractivity contribution in [3.8, 4) is 0 Å². The molecule has 1 aromatic rings. The van der Waals surface area contributed by atoms with Crippen molar-refractivity contribution in [2.45, 2.75) is 25.7 Å². The van der Waals surface area contributed by atoms with Gasteiger partial charge in [0.1, 0.15) is 0 Å². The Morgan fingerprint density at radius 2 is 1.85 bits per heavy atom. The van der Waals surface area contributed by atoms with E-state index in [-0.39, 0.29) is 17.4 Å². The first kappa shape index (κ1) is 14.5. The van der Waals surface area contributed by atoms with E-state index >= 15 is 0 Å². The lowest BCUT2D eigenvalue weighted by Gasteiger charge is -2.26. The van der Waals surface area contributed by atoms with E-state index in [1.807, 2.05) is 0 Å². The Morgan fingerprint density at radius 1 is 1.20 bits per heavy atom. The third kappa shape index (κ3) is 3.36. The molecule has 108 valence electrons. The number of hydrogen-bond acceptors (Lipinski definition) is 3. The van der Waals surface area contributed by atoms with Crippen molar-refractivity contribution in [1.82, 2.24) is 0 Å². The molecule has 1 aromatic carbocycles. The van der Waals surface area contributed by atoms with Crippen LogP contribution < -0.4 is 11.1 Å². The van der Waals surface area contributed by atoms with Gasteiger partial charge in [-0.2, -0.15) is 0 Å². The number of rotatable bonds is 4. The summed E-state index contributed by atoms with van der Waals surface area (Å²) in [5.41, 5.74) is 6.12. The molecule has 4 N–H and O–H groups in total. The van der Waals surface area contributed by atoms with Crippen LogP contribution in [0.1, 0.15) is 36.0 Å². The van der Waals surface area contributed by atoms with Crippen LogP contribution in [0.5, 0.6) is 0 Å². The van der Waals surface area contributed by atoms with Crippen molar-refractivity contribution in [1.29, 1.82) is 0 Å². The van der Waals surface area contributed by atoms with Crippen LogP contribution in [0, 0.1) is 11.8 Å². The first-order chi connectivity index (χ1) is 9.61. The van der Waals surface area contributed by atoms with Crippen molar-refractivity contribution >= 4 is 17.6 Å². The summed E-state index contributed by atoms with van der Waals surface area (Å²) in [7, 11) is 0. The summed E-state index contributed by atoms with van der Waals surface area (Å²) in [6.45, 7) is 0.677. The zero-order valence-electron chi connectivity index (χ0n) is 11.3. The fourth-order valence-corrected chi connectivity index (χ4v) is 2.67. The van der Waals surface area contributed by atoms with Gasteiger partial charge in [0, 0.05) is 5.92 Å². The lowest BCUT2D eigenvalue weighted by atomic mass is 9.81. The highest BCUT2D eigenvalue weighted by Crippen LogP contribution is 2.29. The van der Waals surface area contributed by atoms with Crippen LogP contribution >= 0.6 is 0 Å². The van der Waals surface area contributed by atoms with E-state index in [4.69, 9.17) is 10.8 Å². The van der Waals surface area contributed by atoms with Gasteiger partial charge >= 0.3 is 5.97 Å². The van der Waals surface area contributed by atoms with E-state index in [2.05, 4.69) is 5.32 Å². The molecule has 0 aromatic heterocycles. The SMILES string of the molecule is NCC1CCC(C(=O)Nc2ccccc2C(=O)O)CC1. The highest BCUT2D eigenvalue weighted by Gasteiger charge is 2.26. The molecule has 1 saturated carbocycles. The molecule has 0 spiro atoms. The highest BCUT2D eigenvalue weighted by atomic mass is 16.4. The number of nitrogens with one attached hydrogen (secondary N) is 1. The molecular formula is C15H20N2O3. The fraction of sp³-hybridized carbons (Fsp3) is 0.467. The van der Waals surface area contributed by atoms with Crippen LogP contribution in [0.3, 0.4) is 0 Å². The van der Waals surface area contributed by atoms with Crippen LogP contribution in [0.2, 0.25) is 0 Å². The smallest absolute Gasteiger partial charge is 0.337 e. The van der Waals surface area contributed by atoms with E-state index in [1.165, 1.54) is 6.07 Å². The molecule has 1 fully saturated rings. The Balaban J connectivity index is 2.00. The van der Waals surface area contributed by atoms with Crippen molar-refractivity contribution in [2.75, 3.05) is 11.9 Å². The summed E-state index contributed by atoms with van der Waals surface area (Å²) < 4.78 is 0. The lowest BCUT2D eigenvalue weighted by Crippen LogP contribution is -2.29. The highest BCUT2D eigenvalue weighted by molar-refractivity contribution is 6.01. The number of amides is 1. The molecular weight excluding hydrogens is 256 g/mol. The molecule has 1 amide bonds. The monoisotopic (exact) mass is 276 g/mol. The van der Waals surface area contributed by atoms with Crippen LogP contribution in [0.15, 0.2) is 24.3 Å². The summed E-state index contributed by atoms with van der Waals surface area (Å²) in [5.74, 6) is -0.646. The number of carbonyl (C=O) groups excluding carboxylic acids is 1. The predicted molar refractivity (Wildman–Crippen MR) is 76.5 cm³/mol.